The van der Waals surface area contributed by atoms with Crippen LogP contribution in [0.4, 0.5) is 15.8 Å². The lowest BCUT2D eigenvalue weighted by Crippen LogP contribution is -2.20. The van der Waals surface area contributed by atoms with Crippen molar-refractivity contribution in [2.75, 3.05) is 16.6 Å². The molecule has 0 saturated carbocycles. The summed E-state index contributed by atoms with van der Waals surface area (Å²) in [7, 11) is -3.96. The summed E-state index contributed by atoms with van der Waals surface area (Å²) in [5, 5.41) is 2.63. The Morgan fingerprint density at radius 1 is 0.967 bits per heavy atom. The zero-order valence-electron chi connectivity index (χ0n) is 16.3. The topological polar surface area (TPSA) is 84.5 Å². The first-order valence-electron chi connectivity index (χ1n) is 9.26. The molecule has 0 aromatic heterocycles. The Bertz CT molecular complexity index is 1110. The van der Waals surface area contributed by atoms with Crippen LogP contribution < -0.4 is 14.8 Å². The number of rotatable bonds is 8. The van der Waals surface area contributed by atoms with E-state index >= 15 is 0 Å². The van der Waals surface area contributed by atoms with E-state index in [-0.39, 0.29) is 23.1 Å². The Morgan fingerprint density at radius 2 is 1.63 bits per heavy atom. The Kier molecular flexibility index (Phi) is 6.68. The maximum atomic E-state index is 13.7. The van der Waals surface area contributed by atoms with Gasteiger partial charge in [0, 0.05) is 5.69 Å². The van der Waals surface area contributed by atoms with Crippen LogP contribution >= 0.6 is 0 Å². The number of anilines is 2. The predicted octanol–water partition coefficient (Wildman–Crippen LogP) is 4.21. The van der Waals surface area contributed by atoms with Crippen molar-refractivity contribution >= 4 is 27.3 Å². The zero-order chi connectivity index (χ0) is 21.6. The number of hydrogen-bond acceptors (Lipinski definition) is 4. The number of carbonyl (C=O) groups excluding carboxylic acids is 1. The molecular weight excluding hydrogens is 407 g/mol. The molecule has 0 unspecified atom stereocenters. The average Bonchev–Trinajstić information content (AvgIpc) is 2.74. The molecule has 0 aliphatic heterocycles. The van der Waals surface area contributed by atoms with Crippen LogP contribution in [-0.4, -0.2) is 20.9 Å². The molecule has 156 valence electrons. The van der Waals surface area contributed by atoms with Crippen molar-refractivity contribution in [1.29, 1.82) is 0 Å². The third kappa shape index (κ3) is 5.57. The fraction of sp³-hybridized carbons (Fsp3) is 0.136. The van der Waals surface area contributed by atoms with E-state index in [2.05, 4.69) is 17.0 Å². The van der Waals surface area contributed by atoms with Crippen LogP contribution in [0.5, 0.6) is 5.75 Å². The first kappa shape index (κ1) is 21.3. The summed E-state index contributed by atoms with van der Waals surface area (Å²) in [6, 6.07) is 18.5. The molecule has 0 radical (unpaired) electrons. The molecule has 8 heteroatoms. The third-order valence-corrected chi connectivity index (χ3v) is 5.65. The molecule has 0 atom stereocenters. The summed E-state index contributed by atoms with van der Waals surface area (Å²) in [5.41, 5.74) is 1.44. The summed E-state index contributed by atoms with van der Waals surface area (Å²) < 4.78 is 46.1. The molecule has 3 rings (SSSR count). The van der Waals surface area contributed by atoms with Gasteiger partial charge >= 0.3 is 0 Å². The lowest BCUT2D eigenvalue weighted by molar-refractivity contribution is -0.118. The Balaban J connectivity index is 1.58. The molecule has 6 nitrogen and oxygen atoms in total. The van der Waals surface area contributed by atoms with Crippen molar-refractivity contribution in [3.8, 4) is 5.75 Å². The summed E-state index contributed by atoms with van der Waals surface area (Å²) in [6.45, 7) is 1.87. The highest BCUT2D eigenvalue weighted by Crippen LogP contribution is 2.20. The van der Waals surface area contributed by atoms with Crippen LogP contribution in [0.25, 0.3) is 0 Å². The fourth-order valence-corrected chi connectivity index (χ4v) is 3.70. The SMILES string of the molecule is CCc1ccc(OCC(=O)Nc2ccc(S(=O)(=O)Nc3ccccc3F)cc2)cc1. The lowest BCUT2D eigenvalue weighted by atomic mass is 10.2. The number of hydrogen-bond donors (Lipinski definition) is 2. The van der Waals surface area contributed by atoms with Gasteiger partial charge in [-0.15, -0.1) is 0 Å². The van der Waals surface area contributed by atoms with Crippen molar-refractivity contribution < 1.29 is 22.3 Å². The number of ether oxygens (including phenoxy) is 1. The van der Waals surface area contributed by atoms with Gasteiger partial charge in [0.05, 0.1) is 10.6 Å². The first-order valence-corrected chi connectivity index (χ1v) is 10.7. The molecule has 2 N–H and O–H groups in total. The van der Waals surface area contributed by atoms with E-state index in [1.807, 2.05) is 12.1 Å². The maximum absolute atomic E-state index is 13.7. The number of nitrogens with one attached hydrogen (secondary N) is 2. The molecular formula is C22H21FN2O4S. The number of amides is 1. The van der Waals surface area contributed by atoms with Crippen LogP contribution in [0.15, 0.2) is 77.7 Å². The van der Waals surface area contributed by atoms with Gasteiger partial charge in [-0.3, -0.25) is 9.52 Å². The van der Waals surface area contributed by atoms with E-state index in [0.29, 0.717) is 11.4 Å². The van der Waals surface area contributed by atoms with E-state index in [0.717, 1.165) is 12.5 Å². The van der Waals surface area contributed by atoms with Crippen molar-refractivity contribution in [1.82, 2.24) is 0 Å². The molecule has 0 spiro atoms. The van der Waals surface area contributed by atoms with Crippen LogP contribution in [0.2, 0.25) is 0 Å². The minimum atomic E-state index is -3.96. The molecule has 1 amide bonds. The summed E-state index contributed by atoms with van der Waals surface area (Å²) >= 11 is 0. The molecule has 30 heavy (non-hydrogen) atoms. The Hall–Kier alpha value is -3.39. The summed E-state index contributed by atoms with van der Waals surface area (Å²) in [6.07, 6.45) is 0.919. The summed E-state index contributed by atoms with van der Waals surface area (Å²) in [5.74, 6) is -0.466. The average molecular weight is 428 g/mol. The normalized spacial score (nSPS) is 11.0. The Morgan fingerprint density at radius 3 is 2.27 bits per heavy atom. The molecule has 0 aliphatic carbocycles. The number of sulfonamides is 1. The van der Waals surface area contributed by atoms with Gasteiger partial charge in [-0.2, -0.15) is 0 Å². The van der Waals surface area contributed by atoms with E-state index in [4.69, 9.17) is 4.74 Å². The molecule has 0 saturated heterocycles. The predicted molar refractivity (Wildman–Crippen MR) is 114 cm³/mol. The number of carbonyl (C=O) groups is 1. The van der Waals surface area contributed by atoms with Gasteiger partial charge in [0.2, 0.25) is 0 Å². The van der Waals surface area contributed by atoms with Crippen LogP contribution in [0, 0.1) is 5.82 Å². The van der Waals surface area contributed by atoms with E-state index < -0.39 is 15.8 Å². The number of benzene rings is 3. The second kappa shape index (κ2) is 9.41. The van der Waals surface area contributed by atoms with E-state index in [1.165, 1.54) is 48.0 Å². The maximum Gasteiger partial charge on any atom is 0.262 e. The smallest absolute Gasteiger partial charge is 0.262 e. The van der Waals surface area contributed by atoms with Gasteiger partial charge in [0.15, 0.2) is 6.61 Å². The fourth-order valence-electron chi connectivity index (χ4n) is 2.63. The van der Waals surface area contributed by atoms with Crippen LogP contribution in [0.3, 0.4) is 0 Å². The standard InChI is InChI=1S/C22H21FN2O4S/c1-2-16-7-11-18(12-8-16)29-15-22(26)24-17-9-13-19(14-10-17)30(27,28)25-21-6-4-3-5-20(21)23/h3-14,25H,2,15H2,1H3,(H,24,26). The van der Waals surface area contributed by atoms with Gasteiger partial charge in [-0.25, -0.2) is 12.8 Å². The van der Waals surface area contributed by atoms with E-state index in [9.17, 15) is 17.6 Å². The highest BCUT2D eigenvalue weighted by molar-refractivity contribution is 7.92. The molecule has 0 bridgehead atoms. The zero-order valence-corrected chi connectivity index (χ0v) is 17.1. The number of aryl methyl sites for hydroxylation is 1. The molecule has 0 aliphatic rings. The van der Waals surface area contributed by atoms with Crippen molar-refractivity contribution in [2.45, 2.75) is 18.2 Å². The molecule has 0 heterocycles. The lowest BCUT2D eigenvalue weighted by Gasteiger charge is -2.10. The van der Waals surface area contributed by atoms with Crippen LogP contribution in [0.1, 0.15) is 12.5 Å². The van der Waals surface area contributed by atoms with Gasteiger partial charge < -0.3 is 10.1 Å². The second-order valence-corrected chi connectivity index (χ2v) is 8.13. The molecule has 3 aromatic carbocycles. The Labute approximate surface area is 174 Å². The van der Waals surface area contributed by atoms with Crippen molar-refractivity contribution in [2.24, 2.45) is 0 Å². The summed E-state index contributed by atoms with van der Waals surface area (Å²) in [4.78, 5) is 12.0. The highest BCUT2D eigenvalue weighted by atomic mass is 32.2. The number of halogens is 1. The van der Waals surface area contributed by atoms with Crippen molar-refractivity contribution in [3.63, 3.8) is 0 Å². The van der Waals surface area contributed by atoms with E-state index in [1.54, 1.807) is 12.1 Å². The van der Waals surface area contributed by atoms with Gasteiger partial charge in [-0.05, 0) is 60.5 Å². The van der Waals surface area contributed by atoms with Gasteiger partial charge in [-0.1, -0.05) is 31.2 Å². The monoisotopic (exact) mass is 428 g/mol. The largest absolute Gasteiger partial charge is 0.484 e. The van der Waals surface area contributed by atoms with Gasteiger partial charge in [0.25, 0.3) is 15.9 Å². The quantitative estimate of drug-likeness (QED) is 0.563. The molecule has 3 aromatic rings. The minimum Gasteiger partial charge on any atom is -0.484 e. The van der Waals surface area contributed by atoms with Crippen LogP contribution in [-0.2, 0) is 21.2 Å². The molecule has 0 fully saturated rings. The third-order valence-electron chi connectivity index (χ3n) is 4.27. The number of para-hydroxylation sites is 1. The second-order valence-electron chi connectivity index (χ2n) is 6.44. The minimum absolute atomic E-state index is 0.0592. The first-order chi connectivity index (χ1) is 14.4. The van der Waals surface area contributed by atoms with Gasteiger partial charge in [0.1, 0.15) is 11.6 Å². The highest BCUT2D eigenvalue weighted by Gasteiger charge is 2.16. The van der Waals surface area contributed by atoms with Crippen molar-refractivity contribution in [3.05, 3.63) is 84.2 Å².